The zero-order valence-electron chi connectivity index (χ0n) is 11.2. The minimum Gasteiger partial charge on any atom is -0.299 e. The summed E-state index contributed by atoms with van der Waals surface area (Å²) in [5.41, 5.74) is 3.01. The first-order chi connectivity index (χ1) is 8.16. The zero-order valence-corrected chi connectivity index (χ0v) is 11.2. The van der Waals surface area contributed by atoms with Gasteiger partial charge in [0.2, 0.25) is 0 Å². The second-order valence-corrected chi connectivity index (χ2v) is 5.85. The summed E-state index contributed by atoms with van der Waals surface area (Å²) in [4.78, 5) is 11.8. The molecule has 0 aliphatic heterocycles. The van der Waals surface area contributed by atoms with Crippen LogP contribution in [0.5, 0.6) is 0 Å². The molecule has 0 heterocycles. The second-order valence-electron chi connectivity index (χ2n) is 5.85. The van der Waals surface area contributed by atoms with Crippen LogP contribution in [-0.2, 0) is 4.79 Å². The Hall–Kier alpha value is -0.850. The smallest absolute Gasteiger partial charge is 0.136 e. The van der Waals surface area contributed by atoms with Crippen LogP contribution in [0.4, 0.5) is 0 Å². The highest BCUT2D eigenvalue weighted by Crippen LogP contribution is 2.39. The first kappa shape index (κ1) is 12.6. The average Bonchev–Trinajstić information content (AvgIpc) is 2.29. The quantitative estimate of drug-likeness (QED) is 0.657. The predicted octanol–water partition coefficient (Wildman–Crippen LogP) is 4.44. The van der Waals surface area contributed by atoms with Crippen molar-refractivity contribution in [3.05, 3.63) is 23.3 Å². The minimum absolute atomic E-state index is 0.371. The van der Waals surface area contributed by atoms with Crippen molar-refractivity contribution in [2.24, 2.45) is 11.8 Å². The third kappa shape index (κ3) is 3.31. The largest absolute Gasteiger partial charge is 0.299 e. The van der Waals surface area contributed by atoms with Crippen molar-refractivity contribution in [1.29, 1.82) is 0 Å². The Balaban J connectivity index is 1.90. The fourth-order valence-electron chi connectivity index (χ4n) is 3.22. The molecule has 1 unspecified atom stereocenters. The van der Waals surface area contributed by atoms with Crippen LogP contribution in [-0.4, -0.2) is 5.78 Å². The molecule has 0 radical (unpaired) electrons. The third-order valence-electron chi connectivity index (χ3n) is 4.18. The Morgan fingerprint density at radius 1 is 1.47 bits per heavy atom. The number of Topliss-reactive ketones (excluding diaryl/α,β-unsaturated/α-hetero) is 1. The maximum atomic E-state index is 11.8. The topological polar surface area (TPSA) is 17.1 Å². The first-order valence-electron chi connectivity index (χ1n) is 7.01. The summed E-state index contributed by atoms with van der Waals surface area (Å²) in [6.07, 6.45) is 12.5. The average molecular weight is 232 g/mol. The Labute approximate surface area is 105 Å². The van der Waals surface area contributed by atoms with E-state index in [1.807, 2.05) is 0 Å². The van der Waals surface area contributed by atoms with E-state index in [0.29, 0.717) is 17.6 Å². The molecule has 2 rings (SSSR count). The standard InChI is InChI=1S/C16H24O/c1-12(2)5-3-6-13-9-10-15-14(11-13)7-4-8-16(15)17/h5,9,14-15H,3-4,6-8,10-11H2,1-2H3/t14-,15?/m0/s1. The summed E-state index contributed by atoms with van der Waals surface area (Å²) in [6.45, 7) is 4.32. The lowest BCUT2D eigenvalue weighted by Crippen LogP contribution is -2.30. The molecular formula is C16H24O. The van der Waals surface area contributed by atoms with Crippen LogP contribution in [0.2, 0.25) is 0 Å². The van der Waals surface area contributed by atoms with Crippen molar-refractivity contribution in [1.82, 2.24) is 0 Å². The third-order valence-corrected chi connectivity index (χ3v) is 4.18. The Kier molecular flexibility index (Phi) is 4.20. The predicted molar refractivity (Wildman–Crippen MR) is 71.8 cm³/mol. The highest BCUT2D eigenvalue weighted by atomic mass is 16.1. The van der Waals surface area contributed by atoms with Crippen LogP contribution in [0.15, 0.2) is 23.3 Å². The number of hydrogen-bond donors (Lipinski definition) is 0. The zero-order chi connectivity index (χ0) is 12.3. The van der Waals surface area contributed by atoms with E-state index in [1.54, 1.807) is 5.57 Å². The van der Waals surface area contributed by atoms with E-state index in [0.717, 1.165) is 19.3 Å². The molecule has 94 valence electrons. The van der Waals surface area contributed by atoms with Gasteiger partial charge in [0.05, 0.1) is 0 Å². The molecular weight excluding hydrogens is 208 g/mol. The molecule has 0 spiro atoms. The normalized spacial score (nSPS) is 28.4. The van der Waals surface area contributed by atoms with Crippen molar-refractivity contribution in [3.63, 3.8) is 0 Å². The van der Waals surface area contributed by atoms with Crippen LogP contribution in [0.1, 0.15) is 58.8 Å². The summed E-state index contributed by atoms with van der Waals surface area (Å²) >= 11 is 0. The van der Waals surface area contributed by atoms with Gasteiger partial charge in [0, 0.05) is 12.3 Å². The summed E-state index contributed by atoms with van der Waals surface area (Å²) in [5.74, 6) is 1.57. The van der Waals surface area contributed by atoms with E-state index in [1.165, 1.54) is 31.3 Å². The molecule has 1 heteroatoms. The number of rotatable bonds is 3. The van der Waals surface area contributed by atoms with Crippen LogP contribution < -0.4 is 0 Å². The van der Waals surface area contributed by atoms with Gasteiger partial charge >= 0.3 is 0 Å². The summed E-state index contributed by atoms with van der Waals surface area (Å²) in [5, 5.41) is 0. The maximum absolute atomic E-state index is 11.8. The van der Waals surface area contributed by atoms with Gasteiger partial charge in [0.25, 0.3) is 0 Å². The number of allylic oxidation sites excluding steroid dienone is 4. The molecule has 1 fully saturated rings. The fraction of sp³-hybridized carbons (Fsp3) is 0.688. The number of carbonyl (C=O) groups excluding carboxylic acids is 1. The van der Waals surface area contributed by atoms with Crippen LogP contribution in [0.25, 0.3) is 0 Å². The highest BCUT2D eigenvalue weighted by molar-refractivity contribution is 5.82. The van der Waals surface area contributed by atoms with Crippen molar-refractivity contribution in [2.45, 2.75) is 58.8 Å². The van der Waals surface area contributed by atoms with E-state index < -0.39 is 0 Å². The first-order valence-corrected chi connectivity index (χ1v) is 7.01. The molecule has 1 nitrogen and oxygen atoms in total. The van der Waals surface area contributed by atoms with Gasteiger partial charge in [-0.25, -0.2) is 0 Å². The highest BCUT2D eigenvalue weighted by Gasteiger charge is 2.33. The van der Waals surface area contributed by atoms with Crippen LogP contribution in [0, 0.1) is 11.8 Å². The molecule has 0 aromatic rings. The number of hydrogen-bond acceptors (Lipinski definition) is 1. The lowest BCUT2D eigenvalue weighted by Gasteiger charge is -2.34. The van der Waals surface area contributed by atoms with E-state index in [4.69, 9.17) is 0 Å². The molecule has 1 saturated carbocycles. The van der Waals surface area contributed by atoms with Gasteiger partial charge in [-0.3, -0.25) is 4.79 Å². The van der Waals surface area contributed by atoms with Crippen LogP contribution >= 0.6 is 0 Å². The molecule has 0 saturated heterocycles. The van der Waals surface area contributed by atoms with Crippen molar-refractivity contribution >= 4 is 5.78 Å². The van der Waals surface area contributed by atoms with Gasteiger partial charge in [0.1, 0.15) is 5.78 Å². The molecule has 2 aliphatic rings. The van der Waals surface area contributed by atoms with E-state index >= 15 is 0 Å². The van der Waals surface area contributed by atoms with E-state index in [-0.39, 0.29) is 0 Å². The van der Waals surface area contributed by atoms with Gasteiger partial charge in [-0.1, -0.05) is 23.3 Å². The molecule has 0 N–H and O–H groups in total. The van der Waals surface area contributed by atoms with Crippen molar-refractivity contribution in [3.8, 4) is 0 Å². The fourth-order valence-corrected chi connectivity index (χ4v) is 3.22. The van der Waals surface area contributed by atoms with Gasteiger partial charge in [-0.05, 0) is 58.3 Å². The van der Waals surface area contributed by atoms with Gasteiger partial charge < -0.3 is 0 Å². The van der Waals surface area contributed by atoms with Crippen molar-refractivity contribution < 1.29 is 4.79 Å². The Bertz CT molecular complexity index is 345. The maximum Gasteiger partial charge on any atom is 0.136 e. The monoisotopic (exact) mass is 232 g/mol. The van der Waals surface area contributed by atoms with E-state index in [2.05, 4.69) is 26.0 Å². The van der Waals surface area contributed by atoms with Gasteiger partial charge in [0.15, 0.2) is 0 Å². The lowest BCUT2D eigenvalue weighted by molar-refractivity contribution is -0.126. The summed E-state index contributed by atoms with van der Waals surface area (Å²) < 4.78 is 0. The Morgan fingerprint density at radius 2 is 2.29 bits per heavy atom. The molecule has 17 heavy (non-hydrogen) atoms. The molecule has 0 aromatic carbocycles. The summed E-state index contributed by atoms with van der Waals surface area (Å²) in [7, 11) is 0. The van der Waals surface area contributed by atoms with E-state index in [9.17, 15) is 4.79 Å². The minimum atomic E-state index is 0.371. The lowest BCUT2D eigenvalue weighted by atomic mass is 9.70. The Morgan fingerprint density at radius 3 is 3.06 bits per heavy atom. The summed E-state index contributed by atoms with van der Waals surface area (Å²) in [6, 6.07) is 0. The molecule has 2 aliphatic carbocycles. The van der Waals surface area contributed by atoms with Crippen LogP contribution in [0.3, 0.4) is 0 Å². The van der Waals surface area contributed by atoms with Gasteiger partial charge in [-0.15, -0.1) is 0 Å². The van der Waals surface area contributed by atoms with Crippen molar-refractivity contribution in [2.75, 3.05) is 0 Å². The molecule has 0 bridgehead atoms. The molecule has 0 aromatic heterocycles. The number of carbonyl (C=O) groups is 1. The number of ketones is 1. The number of fused-ring (bicyclic) bond motifs is 1. The molecule has 2 atom stereocenters. The molecule has 0 amide bonds. The SMILES string of the molecule is CC(C)=CCCC1=CCC2C(=O)CCC[C@H]2C1. The van der Waals surface area contributed by atoms with Gasteiger partial charge in [-0.2, -0.15) is 0 Å². The second kappa shape index (κ2) is 5.66.